The van der Waals surface area contributed by atoms with Crippen LogP contribution in [-0.2, 0) is 4.79 Å². The fraction of sp³-hybridized carbons (Fsp3) is 0.778. The van der Waals surface area contributed by atoms with E-state index < -0.39 is 29.9 Å². The smallest absolute Gasteiger partial charge is 0.338 e. The van der Waals surface area contributed by atoms with Crippen molar-refractivity contribution in [3.63, 3.8) is 0 Å². The number of hydrogen-bond donors (Lipinski definition) is 2. The van der Waals surface area contributed by atoms with Crippen LogP contribution in [0.15, 0.2) is 0 Å². The Kier molecular flexibility index (Phi) is 6.94. The van der Waals surface area contributed by atoms with Crippen molar-refractivity contribution in [3.8, 4) is 0 Å². The number of halogens is 4. The lowest BCUT2D eigenvalue weighted by atomic mass is 10.2. The van der Waals surface area contributed by atoms with E-state index in [1.54, 1.807) is 0 Å². The predicted octanol–water partition coefficient (Wildman–Crippen LogP) is 2.17. The summed E-state index contributed by atoms with van der Waals surface area (Å²) in [6.07, 6.45) is -4.93. The van der Waals surface area contributed by atoms with Gasteiger partial charge in [0.25, 0.3) is 0 Å². The predicted molar refractivity (Wildman–Crippen MR) is 56.8 cm³/mol. The minimum atomic E-state index is -4.17. The molecule has 0 saturated heterocycles. The van der Waals surface area contributed by atoms with E-state index in [-0.39, 0.29) is 19.4 Å². The van der Waals surface area contributed by atoms with Gasteiger partial charge in [-0.05, 0) is 19.8 Å². The van der Waals surface area contributed by atoms with E-state index in [1.807, 2.05) is 5.32 Å². The molecule has 3 amide bonds. The van der Waals surface area contributed by atoms with Gasteiger partial charge in [0, 0.05) is 13.0 Å². The highest BCUT2D eigenvalue weighted by molar-refractivity contribution is 6.31. The highest BCUT2D eigenvalue weighted by Crippen LogP contribution is 2.21. The zero-order chi connectivity index (χ0) is 13.5. The van der Waals surface area contributed by atoms with Crippen LogP contribution in [0, 0.1) is 0 Å². The molecule has 0 aliphatic rings. The molecule has 1 atom stereocenters. The lowest BCUT2D eigenvalue weighted by Crippen LogP contribution is -2.42. The first kappa shape index (κ1) is 16.0. The molecule has 8 heteroatoms. The summed E-state index contributed by atoms with van der Waals surface area (Å²) in [7, 11) is 0. The third kappa shape index (κ3) is 9.92. The number of rotatable bonds is 5. The molecular weight excluding hydrogens is 261 g/mol. The van der Waals surface area contributed by atoms with Crippen molar-refractivity contribution in [3.05, 3.63) is 0 Å². The van der Waals surface area contributed by atoms with Crippen LogP contribution in [0.2, 0.25) is 0 Å². The Bertz CT molecular complexity index is 269. The summed E-state index contributed by atoms with van der Waals surface area (Å²) in [5.41, 5.74) is 0. The van der Waals surface area contributed by atoms with Crippen LogP contribution in [-0.4, -0.2) is 30.0 Å². The van der Waals surface area contributed by atoms with Crippen LogP contribution >= 0.6 is 11.6 Å². The van der Waals surface area contributed by atoms with Crippen molar-refractivity contribution in [2.45, 2.75) is 37.7 Å². The Labute approximate surface area is 102 Å². The lowest BCUT2D eigenvalue weighted by Gasteiger charge is -2.08. The number of nitrogens with one attached hydrogen (secondary N) is 2. The molecule has 100 valence electrons. The molecule has 0 heterocycles. The van der Waals surface area contributed by atoms with Crippen LogP contribution in [0.25, 0.3) is 0 Å². The minimum absolute atomic E-state index is 0.0658. The maximum Gasteiger partial charge on any atom is 0.389 e. The number of alkyl halides is 4. The number of imide groups is 1. The average molecular weight is 275 g/mol. The summed E-state index contributed by atoms with van der Waals surface area (Å²) < 4.78 is 35.2. The molecule has 2 N–H and O–H groups in total. The maximum atomic E-state index is 11.7. The number of unbranched alkanes of at least 4 members (excludes halogenated alkanes) is 1. The first-order valence-corrected chi connectivity index (χ1v) is 5.45. The van der Waals surface area contributed by atoms with Crippen molar-refractivity contribution in [1.29, 1.82) is 0 Å². The molecule has 1 unspecified atom stereocenters. The standard InChI is InChI=1S/C9H14ClF3N2O2/c1-6(10)7(16)15-8(17)14-5-3-2-4-9(11,12)13/h6H,2-5H2,1H3,(H2,14,15,16,17). The quantitative estimate of drug-likeness (QED) is 0.596. The maximum absolute atomic E-state index is 11.7. The molecule has 0 radical (unpaired) electrons. The van der Waals surface area contributed by atoms with E-state index in [0.29, 0.717) is 0 Å². The van der Waals surface area contributed by atoms with E-state index in [1.165, 1.54) is 6.92 Å². The van der Waals surface area contributed by atoms with Crippen molar-refractivity contribution in [2.24, 2.45) is 0 Å². The highest BCUT2D eigenvalue weighted by atomic mass is 35.5. The van der Waals surface area contributed by atoms with E-state index in [9.17, 15) is 22.8 Å². The van der Waals surface area contributed by atoms with Crippen LogP contribution in [0.4, 0.5) is 18.0 Å². The molecular formula is C9H14ClF3N2O2. The molecule has 0 saturated carbocycles. The average Bonchev–Trinajstić information content (AvgIpc) is 2.15. The summed E-state index contributed by atoms with van der Waals surface area (Å²) in [6, 6.07) is -0.755. The molecule has 0 aliphatic heterocycles. The number of carbonyl (C=O) groups excluding carboxylic acids is 2. The Morgan fingerprint density at radius 1 is 1.29 bits per heavy atom. The first-order chi connectivity index (χ1) is 7.72. The second kappa shape index (κ2) is 7.37. The van der Waals surface area contributed by atoms with Gasteiger partial charge in [0.05, 0.1) is 0 Å². The van der Waals surface area contributed by atoms with Gasteiger partial charge in [-0.25, -0.2) is 4.79 Å². The molecule has 17 heavy (non-hydrogen) atoms. The SMILES string of the molecule is CC(Cl)C(=O)NC(=O)NCCCCC(F)(F)F. The topological polar surface area (TPSA) is 58.2 Å². The summed E-state index contributed by atoms with van der Waals surface area (Å²) in [4.78, 5) is 21.9. The zero-order valence-electron chi connectivity index (χ0n) is 9.23. The Morgan fingerprint density at radius 2 is 1.88 bits per heavy atom. The summed E-state index contributed by atoms with van der Waals surface area (Å²) in [6.45, 7) is 1.47. The van der Waals surface area contributed by atoms with Gasteiger partial charge in [-0.3, -0.25) is 10.1 Å². The molecule has 0 aromatic heterocycles. The van der Waals surface area contributed by atoms with E-state index in [2.05, 4.69) is 5.32 Å². The number of urea groups is 1. The zero-order valence-corrected chi connectivity index (χ0v) is 9.99. The second-order valence-corrected chi connectivity index (χ2v) is 4.09. The van der Waals surface area contributed by atoms with E-state index in [0.717, 1.165) is 0 Å². The van der Waals surface area contributed by atoms with E-state index >= 15 is 0 Å². The fourth-order valence-corrected chi connectivity index (χ4v) is 0.962. The molecule has 4 nitrogen and oxygen atoms in total. The summed E-state index contributed by atoms with van der Waals surface area (Å²) in [5, 5.41) is 3.36. The normalized spacial score (nSPS) is 13.0. The lowest BCUT2D eigenvalue weighted by molar-refractivity contribution is -0.135. The van der Waals surface area contributed by atoms with Crippen molar-refractivity contribution >= 4 is 23.5 Å². The van der Waals surface area contributed by atoms with Crippen LogP contribution in [0.1, 0.15) is 26.2 Å². The third-order valence-electron chi connectivity index (χ3n) is 1.77. The second-order valence-electron chi connectivity index (χ2n) is 3.43. The van der Waals surface area contributed by atoms with Gasteiger partial charge in [0.15, 0.2) is 0 Å². The van der Waals surface area contributed by atoms with Gasteiger partial charge in [-0.15, -0.1) is 11.6 Å². The van der Waals surface area contributed by atoms with Crippen LogP contribution < -0.4 is 10.6 Å². The number of hydrogen-bond acceptors (Lipinski definition) is 2. The van der Waals surface area contributed by atoms with Gasteiger partial charge in [0.1, 0.15) is 5.38 Å². The van der Waals surface area contributed by atoms with Gasteiger partial charge in [-0.2, -0.15) is 13.2 Å². The van der Waals surface area contributed by atoms with Crippen molar-refractivity contribution in [1.82, 2.24) is 10.6 Å². The molecule has 0 aromatic rings. The summed E-state index contributed by atoms with van der Waals surface area (Å²) >= 11 is 5.39. The summed E-state index contributed by atoms with van der Waals surface area (Å²) in [5.74, 6) is -0.653. The van der Waals surface area contributed by atoms with Crippen LogP contribution in [0.5, 0.6) is 0 Å². The van der Waals surface area contributed by atoms with Gasteiger partial charge in [-0.1, -0.05) is 0 Å². The highest BCUT2D eigenvalue weighted by Gasteiger charge is 2.25. The molecule has 0 aromatic carbocycles. The monoisotopic (exact) mass is 274 g/mol. The Hall–Kier alpha value is -0.980. The van der Waals surface area contributed by atoms with Crippen LogP contribution in [0.3, 0.4) is 0 Å². The first-order valence-electron chi connectivity index (χ1n) is 5.02. The van der Waals surface area contributed by atoms with E-state index in [4.69, 9.17) is 11.6 Å². The third-order valence-corrected chi connectivity index (χ3v) is 1.97. The largest absolute Gasteiger partial charge is 0.389 e. The molecule has 0 spiro atoms. The molecule has 0 fully saturated rings. The van der Waals surface area contributed by atoms with Gasteiger partial charge in [0.2, 0.25) is 5.91 Å². The van der Waals surface area contributed by atoms with Crippen molar-refractivity contribution < 1.29 is 22.8 Å². The Morgan fingerprint density at radius 3 is 2.35 bits per heavy atom. The molecule has 0 aliphatic carbocycles. The molecule has 0 bridgehead atoms. The van der Waals surface area contributed by atoms with Gasteiger partial charge >= 0.3 is 12.2 Å². The Balaban J connectivity index is 3.56. The fourth-order valence-electron chi connectivity index (χ4n) is 0.908. The molecule has 0 rings (SSSR count). The minimum Gasteiger partial charge on any atom is -0.338 e. The number of carbonyl (C=O) groups is 2. The van der Waals surface area contributed by atoms with Crippen molar-refractivity contribution in [2.75, 3.05) is 6.54 Å². The number of amides is 3. The van der Waals surface area contributed by atoms with Gasteiger partial charge < -0.3 is 5.32 Å².